The van der Waals surface area contributed by atoms with Crippen molar-refractivity contribution in [3.8, 4) is 5.75 Å². The minimum absolute atomic E-state index is 0.102. The van der Waals surface area contributed by atoms with Crippen molar-refractivity contribution < 1.29 is 9.53 Å². The van der Waals surface area contributed by atoms with E-state index in [0.29, 0.717) is 5.75 Å². The van der Waals surface area contributed by atoms with Gasteiger partial charge >= 0.3 is 5.97 Å². The highest BCUT2D eigenvalue weighted by molar-refractivity contribution is 5.89. The summed E-state index contributed by atoms with van der Waals surface area (Å²) in [6.45, 7) is 3.73. The van der Waals surface area contributed by atoms with E-state index < -0.39 is 5.97 Å². The lowest BCUT2D eigenvalue weighted by atomic mass is 10.1. The molecule has 2 aromatic rings. The average Bonchev–Trinajstić information content (AvgIpc) is 2.37. The Morgan fingerprint density at radius 1 is 1.16 bits per heavy atom. The van der Waals surface area contributed by atoms with E-state index in [4.69, 9.17) is 4.74 Å². The van der Waals surface area contributed by atoms with Crippen LogP contribution in [0.25, 0.3) is 0 Å². The summed E-state index contributed by atoms with van der Waals surface area (Å²) >= 11 is 0. The van der Waals surface area contributed by atoms with Crippen molar-refractivity contribution in [2.45, 2.75) is 13.8 Å². The number of para-hydroxylation sites is 1. The first-order valence-electron chi connectivity index (χ1n) is 5.82. The Morgan fingerprint density at radius 2 is 1.79 bits per heavy atom. The highest BCUT2D eigenvalue weighted by Crippen LogP contribution is 2.23. The van der Waals surface area contributed by atoms with Crippen molar-refractivity contribution in [2.75, 3.05) is 0 Å². The van der Waals surface area contributed by atoms with E-state index in [1.165, 1.54) is 19.2 Å². The minimum Gasteiger partial charge on any atom is -0.421 e. The predicted octanol–water partition coefficient (Wildman–Crippen LogP) is 1.62. The summed E-state index contributed by atoms with van der Waals surface area (Å²) in [6.07, 6.45) is 0. The number of carbonyl (C=O) groups is 1. The van der Waals surface area contributed by atoms with Gasteiger partial charge in [0.1, 0.15) is 5.75 Å². The second kappa shape index (κ2) is 5.06. The van der Waals surface area contributed by atoms with E-state index in [-0.39, 0.29) is 11.3 Å². The molecule has 0 aliphatic rings. The van der Waals surface area contributed by atoms with Gasteiger partial charge in [0, 0.05) is 13.1 Å². The van der Waals surface area contributed by atoms with Crippen LogP contribution in [0.4, 0.5) is 0 Å². The van der Waals surface area contributed by atoms with Crippen LogP contribution in [-0.4, -0.2) is 15.7 Å². The van der Waals surface area contributed by atoms with Gasteiger partial charge in [0.2, 0.25) is 0 Å². The van der Waals surface area contributed by atoms with Gasteiger partial charge in [-0.1, -0.05) is 18.2 Å². The van der Waals surface area contributed by atoms with E-state index in [1.807, 2.05) is 32.0 Å². The highest BCUT2D eigenvalue weighted by atomic mass is 16.5. The van der Waals surface area contributed by atoms with E-state index >= 15 is 0 Å². The molecule has 0 spiro atoms. The van der Waals surface area contributed by atoms with E-state index in [0.717, 1.165) is 15.8 Å². The van der Waals surface area contributed by atoms with Crippen LogP contribution in [0.3, 0.4) is 0 Å². The zero-order valence-corrected chi connectivity index (χ0v) is 11.0. The maximum atomic E-state index is 12.0. The number of benzene rings is 1. The van der Waals surface area contributed by atoms with Crippen LogP contribution < -0.4 is 10.3 Å². The predicted molar refractivity (Wildman–Crippen MR) is 70.4 cm³/mol. The highest BCUT2D eigenvalue weighted by Gasteiger charge is 2.14. The Morgan fingerprint density at radius 3 is 2.37 bits per heavy atom. The zero-order valence-electron chi connectivity index (χ0n) is 11.0. The molecule has 5 heteroatoms. The van der Waals surface area contributed by atoms with E-state index in [9.17, 15) is 9.59 Å². The van der Waals surface area contributed by atoms with Gasteiger partial charge in [-0.05, 0) is 31.0 Å². The smallest absolute Gasteiger partial charge is 0.364 e. The molecule has 98 valence electrons. The van der Waals surface area contributed by atoms with Gasteiger partial charge in [0.25, 0.3) is 5.56 Å². The summed E-state index contributed by atoms with van der Waals surface area (Å²) in [7, 11) is 1.48. The molecule has 19 heavy (non-hydrogen) atoms. The number of carbonyl (C=O) groups excluding carboxylic acids is 1. The molecular weight excluding hydrogens is 244 g/mol. The first kappa shape index (κ1) is 13.0. The fourth-order valence-electron chi connectivity index (χ4n) is 1.72. The fourth-order valence-corrected chi connectivity index (χ4v) is 1.72. The maximum Gasteiger partial charge on any atom is 0.364 e. The quantitative estimate of drug-likeness (QED) is 0.606. The SMILES string of the molecule is Cc1cccc(C)c1OC(=O)c1ccc(=O)n(C)n1. The van der Waals surface area contributed by atoms with Crippen LogP contribution in [0.5, 0.6) is 5.75 Å². The molecule has 1 heterocycles. The average molecular weight is 258 g/mol. The molecule has 0 fully saturated rings. The molecule has 2 rings (SSSR count). The Labute approximate surface area is 110 Å². The minimum atomic E-state index is -0.576. The van der Waals surface area contributed by atoms with Gasteiger partial charge in [-0.3, -0.25) is 4.79 Å². The Bertz CT molecular complexity index is 669. The van der Waals surface area contributed by atoms with Crippen LogP contribution in [0.1, 0.15) is 21.6 Å². The molecule has 0 saturated carbocycles. The molecule has 1 aromatic heterocycles. The summed E-state index contributed by atoms with van der Waals surface area (Å²) in [5.41, 5.74) is 1.57. The molecule has 0 atom stereocenters. The maximum absolute atomic E-state index is 12.0. The van der Waals surface area contributed by atoms with Crippen LogP contribution in [-0.2, 0) is 7.05 Å². The number of hydrogen-bond donors (Lipinski definition) is 0. The molecule has 0 N–H and O–H groups in total. The number of ether oxygens (including phenoxy) is 1. The summed E-state index contributed by atoms with van der Waals surface area (Å²) in [4.78, 5) is 23.2. The third kappa shape index (κ3) is 2.70. The number of nitrogens with zero attached hydrogens (tertiary/aromatic N) is 2. The number of rotatable bonds is 2. The molecule has 0 radical (unpaired) electrons. The Hall–Kier alpha value is -2.43. The van der Waals surface area contributed by atoms with E-state index in [1.54, 1.807) is 0 Å². The van der Waals surface area contributed by atoms with Crippen molar-refractivity contribution in [1.29, 1.82) is 0 Å². The molecule has 5 nitrogen and oxygen atoms in total. The van der Waals surface area contributed by atoms with Crippen molar-refractivity contribution in [3.05, 3.63) is 57.5 Å². The molecule has 0 aliphatic heterocycles. The van der Waals surface area contributed by atoms with Gasteiger partial charge in [-0.25, -0.2) is 9.48 Å². The van der Waals surface area contributed by atoms with Crippen molar-refractivity contribution in [1.82, 2.24) is 9.78 Å². The summed E-state index contributed by atoms with van der Waals surface area (Å²) in [5.74, 6) is -0.0452. The van der Waals surface area contributed by atoms with Gasteiger partial charge < -0.3 is 4.74 Å². The molecule has 0 unspecified atom stereocenters. The summed E-state index contributed by atoms with van der Waals surface area (Å²) in [6, 6.07) is 8.27. The fraction of sp³-hybridized carbons (Fsp3) is 0.214. The monoisotopic (exact) mass is 258 g/mol. The third-order valence-electron chi connectivity index (χ3n) is 2.77. The lowest BCUT2D eigenvalue weighted by Gasteiger charge is -2.09. The van der Waals surface area contributed by atoms with Crippen molar-refractivity contribution in [3.63, 3.8) is 0 Å². The number of esters is 1. The standard InChI is InChI=1S/C14H14N2O3/c1-9-5-4-6-10(2)13(9)19-14(18)11-7-8-12(17)16(3)15-11/h4-8H,1-3H3. The molecule has 0 aliphatic carbocycles. The Kier molecular flexibility index (Phi) is 3.46. The molecular formula is C14H14N2O3. The van der Waals surface area contributed by atoms with Crippen LogP contribution in [0, 0.1) is 13.8 Å². The number of hydrogen-bond acceptors (Lipinski definition) is 4. The molecule has 0 amide bonds. The zero-order chi connectivity index (χ0) is 14.0. The van der Waals surface area contributed by atoms with Gasteiger partial charge in [0.05, 0.1) is 0 Å². The van der Waals surface area contributed by atoms with E-state index in [2.05, 4.69) is 5.10 Å². The van der Waals surface area contributed by atoms with Crippen molar-refractivity contribution >= 4 is 5.97 Å². The topological polar surface area (TPSA) is 61.2 Å². The van der Waals surface area contributed by atoms with Crippen molar-refractivity contribution in [2.24, 2.45) is 7.05 Å². The van der Waals surface area contributed by atoms with Gasteiger partial charge in [-0.15, -0.1) is 0 Å². The first-order chi connectivity index (χ1) is 8.99. The summed E-state index contributed by atoms with van der Waals surface area (Å²) in [5, 5.41) is 3.86. The first-order valence-corrected chi connectivity index (χ1v) is 5.82. The summed E-state index contributed by atoms with van der Waals surface area (Å²) < 4.78 is 6.44. The number of aryl methyl sites for hydroxylation is 3. The van der Waals surface area contributed by atoms with Gasteiger partial charge in [0.15, 0.2) is 5.69 Å². The normalized spacial score (nSPS) is 10.3. The molecule has 1 aromatic carbocycles. The molecule has 0 bridgehead atoms. The second-order valence-electron chi connectivity index (χ2n) is 4.29. The lowest BCUT2D eigenvalue weighted by molar-refractivity contribution is 0.0723. The Balaban J connectivity index is 2.31. The van der Waals surface area contributed by atoms with Crippen LogP contribution >= 0.6 is 0 Å². The number of aromatic nitrogens is 2. The second-order valence-corrected chi connectivity index (χ2v) is 4.29. The largest absolute Gasteiger partial charge is 0.421 e. The molecule has 0 saturated heterocycles. The van der Waals surface area contributed by atoms with Crippen LogP contribution in [0.15, 0.2) is 35.1 Å². The van der Waals surface area contributed by atoms with Gasteiger partial charge in [-0.2, -0.15) is 5.10 Å². The third-order valence-corrected chi connectivity index (χ3v) is 2.77. The lowest BCUT2D eigenvalue weighted by Crippen LogP contribution is -2.23. The van der Waals surface area contributed by atoms with Crippen LogP contribution in [0.2, 0.25) is 0 Å².